The van der Waals surface area contributed by atoms with Gasteiger partial charge in [0.25, 0.3) is 5.88 Å². The minimum atomic E-state index is -4.64. The number of amides is 1. The van der Waals surface area contributed by atoms with Crippen LogP contribution in [0.4, 0.5) is 29.2 Å². The highest BCUT2D eigenvalue weighted by molar-refractivity contribution is 5.73. The molecule has 0 unspecified atom stereocenters. The van der Waals surface area contributed by atoms with Crippen molar-refractivity contribution in [2.24, 2.45) is 5.92 Å². The minimum absolute atomic E-state index is 0.00354. The summed E-state index contributed by atoms with van der Waals surface area (Å²) in [4.78, 5) is 18.7. The number of alkyl halides is 3. The van der Waals surface area contributed by atoms with Crippen LogP contribution in [0.2, 0.25) is 0 Å². The molecule has 1 fully saturated rings. The van der Waals surface area contributed by atoms with Gasteiger partial charge in [-0.15, -0.1) is 13.2 Å². The largest absolute Gasteiger partial charge is 0.504 e. The predicted octanol–water partition coefficient (Wildman–Crippen LogP) is 3.11. The number of anilines is 2. The normalized spacial score (nSPS) is 19.6. The van der Waals surface area contributed by atoms with Gasteiger partial charge in [0, 0.05) is 13.0 Å². The molecule has 0 atom stereocenters. The van der Waals surface area contributed by atoms with Crippen molar-refractivity contribution in [3.63, 3.8) is 0 Å². The zero-order valence-electron chi connectivity index (χ0n) is 15.5. The third-order valence-electron chi connectivity index (χ3n) is 4.52. The SMILES string of the molecule is CC(=O)N[C@H]1CC[C@H](COc2nc(Nc3cnn(C(F)(F)F)c3)ncc2F)CC1. The molecule has 0 bridgehead atoms. The Balaban J connectivity index is 1.56. The molecule has 2 aromatic heterocycles. The lowest BCUT2D eigenvalue weighted by Crippen LogP contribution is -2.37. The Morgan fingerprint density at radius 2 is 2.00 bits per heavy atom. The van der Waals surface area contributed by atoms with E-state index in [9.17, 15) is 22.4 Å². The van der Waals surface area contributed by atoms with Crippen LogP contribution in [0.3, 0.4) is 0 Å². The van der Waals surface area contributed by atoms with Gasteiger partial charge >= 0.3 is 6.30 Å². The van der Waals surface area contributed by atoms with Crippen LogP contribution in [0.25, 0.3) is 0 Å². The van der Waals surface area contributed by atoms with Crippen LogP contribution in [0, 0.1) is 11.7 Å². The summed E-state index contributed by atoms with van der Waals surface area (Å²) in [7, 11) is 0. The summed E-state index contributed by atoms with van der Waals surface area (Å²) in [6.45, 7) is 1.72. The first-order valence-electron chi connectivity index (χ1n) is 9.02. The van der Waals surface area contributed by atoms with Crippen LogP contribution in [0.15, 0.2) is 18.6 Å². The zero-order chi connectivity index (χ0) is 21.0. The van der Waals surface area contributed by atoms with E-state index >= 15 is 0 Å². The number of nitrogens with one attached hydrogen (secondary N) is 2. The lowest BCUT2D eigenvalue weighted by atomic mass is 9.86. The van der Waals surface area contributed by atoms with Gasteiger partial charge in [-0.05, 0) is 31.6 Å². The quantitative estimate of drug-likeness (QED) is 0.703. The molecule has 8 nitrogen and oxygen atoms in total. The standard InChI is InChI=1S/C17H20F4N6O2/c1-10(28)24-12-4-2-11(3-5-12)9-29-15-14(18)7-22-16(26-15)25-13-6-23-27(8-13)17(19,20)21/h6-8,11-12H,2-5,9H2,1H3,(H,24,28)(H,22,25,26)/t11-,12-. The number of hydrogen-bond donors (Lipinski definition) is 2. The third kappa shape index (κ3) is 5.78. The van der Waals surface area contributed by atoms with Crippen molar-refractivity contribution in [1.29, 1.82) is 0 Å². The number of rotatable bonds is 6. The van der Waals surface area contributed by atoms with Crippen molar-refractivity contribution in [2.75, 3.05) is 11.9 Å². The molecule has 2 aromatic rings. The summed E-state index contributed by atoms with van der Waals surface area (Å²) in [6.07, 6.45) is 1.18. The fourth-order valence-corrected chi connectivity index (χ4v) is 3.13. The van der Waals surface area contributed by atoms with Crippen molar-refractivity contribution in [2.45, 2.75) is 44.9 Å². The van der Waals surface area contributed by atoms with Crippen LogP contribution in [0.5, 0.6) is 5.88 Å². The smallest absolute Gasteiger partial charge is 0.475 e. The van der Waals surface area contributed by atoms with E-state index < -0.39 is 12.1 Å². The van der Waals surface area contributed by atoms with E-state index in [0.717, 1.165) is 44.3 Å². The highest BCUT2D eigenvalue weighted by Gasteiger charge is 2.31. The van der Waals surface area contributed by atoms with Gasteiger partial charge in [-0.2, -0.15) is 19.2 Å². The highest BCUT2D eigenvalue weighted by atomic mass is 19.4. The van der Waals surface area contributed by atoms with Gasteiger partial charge in [0.15, 0.2) is 0 Å². The van der Waals surface area contributed by atoms with Gasteiger partial charge in [-0.1, -0.05) is 0 Å². The molecule has 12 heteroatoms. The Morgan fingerprint density at radius 3 is 2.62 bits per heavy atom. The second-order valence-electron chi connectivity index (χ2n) is 6.84. The molecule has 1 aliphatic rings. The van der Waals surface area contributed by atoms with E-state index in [1.54, 1.807) is 0 Å². The molecule has 1 aliphatic carbocycles. The molecule has 1 amide bonds. The number of halogens is 4. The summed E-state index contributed by atoms with van der Waals surface area (Å²) in [5, 5.41) is 8.60. The molecule has 0 saturated heterocycles. The number of nitrogens with zero attached hydrogens (tertiary/aromatic N) is 4. The van der Waals surface area contributed by atoms with E-state index in [0.29, 0.717) is 0 Å². The van der Waals surface area contributed by atoms with Crippen LogP contribution in [-0.4, -0.2) is 38.3 Å². The van der Waals surface area contributed by atoms with Gasteiger partial charge in [-0.25, -0.2) is 4.98 Å². The highest BCUT2D eigenvalue weighted by Crippen LogP contribution is 2.27. The maximum Gasteiger partial charge on any atom is 0.504 e. The summed E-state index contributed by atoms with van der Waals surface area (Å²) in [6, 6.07) is 0.146. The van der Waals surface area contributed by atoms with E-state index in [1.807, 2.05) is 0 Å². The van der Waals surface area contributed by atoms with Gasteiger partial charge in [0.2, 0.25) is 17.7 Å². The van der Waals surface area contributed by atoms with Gasteiger partial charge in [-0.3, -0.25) is 4.79 Å². The van der Waals surface area contributed by atoms with Crippen molar-refractivity contribution in [3.8, 4) is 5.88 Å². The molecule has 1 saturated carbocycles. The van der Waals surface area contributed by atoms with Gasteiger partial charge in [0.05, 0.1) is 30.9 Å². The van der Waals surface area contributed by atoms with Crippen molar-refractivity contribution in [3.05, 3.63) is 24.4 Å². The summed E-state index contributed by atoms with van der Waals surface area (Å²) >= 11 is 0. The average molecular weight is 416 g/mol. The molecule has 2 heterocycles. The van der Waals surface area contributed by atoms with Gasteiger partial charge < -0.3 is 15.4 Å². The first-order chi connectivity index (χ1) is 13.7. The average Bonchev–Trinajstić information content (AvgIpc) is 3.12. The summed E-state index contributed by atoms with van der Waals surface area (Å²) in [5.41, 5.74) is -0.00354. The molecule has 3 rings (SSSR count). The maximum atomic E-state index is 13.9. The molecular weight excluding hydrogens is 396 g/mol. The first kappa shape index (κ1) is 20.8. The van der Waals surface area contributed by atoms with Crippen molar-refractivity contribution in [1.82, 2.24) is 25.1 Å². The van der Waals surface area contributed by atoms with Crippen molar-refractivity contribution < 1.29 is 27.1 Å². The number of hydrogen-bond acceptors (Lipinski definition) is 6. The second-order valence-corrected chi connectivity index (χ2v) is 6.84. The van der Waals surface area contributed by atoms with E-state index in [1.165, 1.54) is 6.92 Å². The Morgan fingerprint density at radius 1 is 1.28 bits per heavy atom. The topological polar surface area (TPSA) is 94.0 Å². The maximum absolute atomic E-state index is 13.9. The van der Waals surface area contributed by atoms with Gasteiger partial charge in [0.1, 0.15) is 0 Å². The fraction of sp³-hybridized carbons (Fsp3) is 0.529. The van der Waals surface area contributed by atoms with E-state index in [2.05, 4.69) is 25.7 Å². The van der Waals surface area contributed by atoms with Crippen molar-refractivity contribution >= 4 is 17.5 Å². The second kappa shape index (κ2) is 8.62. The minimum Gasteiger partial charge on any atom is -0.475 e. The van der Waals surface area contributed by atoms with E-state index in [-0.39, 0.29) is 46.7 Å². The number of carbonyl (C=O) groups excluding carboxylic acids is 1. The zero-order valence-corrected chi connectivity index (χ0v) is 15.5. The Bertz CT molecular complexity index is 849. The molecule has 0 radical (unpaired) electrons. The van der Waals surface area contributed by atoms with Crippen LogP contribution >= 0.6 is 0 Å². The molecule has 158 valence electrons. The van der Waals surface area contributed by atoms with Crippen LogP contribution < -0.4 is 15.4 Å². The number of ether oxygens (including phenoxy) is 1. The monoisotopic (exact) mass is 416 g/mol. The molecule has 0 aromatic carbocycles. The molecule has 0 spiro atoms. The lowest BCUT2D eigenvalue weighted by Gasteiger charge is -2.28. The summed E-state index contributed by atoms with van der Waals surface area (Å²) in [5.74, 6) is -1.04. The van der Waals surface area contributed by atoms with Crippen LogP contribution in [0.1, 0.15) is 32.6 Å². The number of carbonyl (C=O) groups is 1. The molecule has 29 heavy (non-hydrogen) atoms. The predicted molar refractivity (Wildman–Crippen MR) is 93.9 cm³/mol. The Labute approximate surface area is 163 Å². The number of aromatic nitrogens is 4. The Kier molecular flexibility index (Phi) is 6.18. The first-order valence-corrected chi connectivity index (χ1v) is 9.02. The molecule has 0 aliphatic heterocycles. The third-order valence-corrected chi connectivity index (χ3v) is 4.52. The molecule has 2 N–H and O–H groups in total. The molecular formula is C17H20F4N6O2. The Hall–Kier alpha value is -2.92. The van der Waals surface area contributed by atoms with E-state index in [4.69, 9.17) is 4.74 Å². The summed E-state index contributed by atoms with van der Waals surface area (Å²) < 4.78 is 57.0. The lowest BCUT2D eigenvalue weighted by molar-refractivity contribution is -0.212. The fourth-order valence-electron chi connectivity index (χ4n) is 3.13. The van der Waals surface area contributed by atoms with Crippen LogP contribution in [-0.2, 0) is 11.1 Å².